The number of hydrogen-bond donors (Lipinski definition) is 1. The molecule has 1 saturated heterocycles. The van der Waals surface area contributed by atoms with E-state index in [1.54, 1.807) is 6.07 Å². The van der Waals surface area contributed by atoms with E-state index in [-0.39, 0.29) is 5.75 Å². The number of benzene rings is 2. The van der Waals surface area contributed by atoms with Crippen molar-refractivity contribution in [3.05, 3.63) is 64.7 Å². The van der Waals surface area contributed by atoms with Crippen LogP contribution in [-0.2, 0) is 6.54 Å². The third kappa shape index (κ3) is 2.67. The highest BCUT2D eigenvalue weighted by molar-refractivity contribution is 6.32. The molecule has 20 heavy (non-hydrogen) atoms. The van der Waals surface area contributed by atoms with Crippen LogP contribution < -0.4 is 0 Å². The first kappa shape index (κ1) is 13.5. The average Bonchev–Trinajstić information content (AvgIpc) is 2.93. The van der Waals surface area contributed by atoms with Crippen molar-refractivity contribution >= 4 is 11.6 Å². The smallest absolute Gasteiger partial charge is 0.134 e. The Labute approximate surface area is 124 Å². The second-order valence-electron chi connectivity index (χ2n) is 5.29. The summed E-state index contributed by atoms with van der Waals surface area (Å²) in [6.45, 7) is 1.86. The molecular weight excluding hydrogens is 270 g/mol. The predicted octanol–water partition coefficient (Wildman–Crippen LogP) is 4.38. The maximum Gasteiger partial charge on any atom is 0.134 e. The molecule has 1 fully saturated rings. The molecule has 0 amide bonds. The highest BCUT2D eigenvalue weighted by Gasteiger charge is 2.26. The van der Waals surface area contributed by atoms with Gasteiger partial charge in [0.15, 0.2) is 0 Å². The largest absolute Gasteiger partial charge is 0.506 e. The maximum atomic E-state index is 9.71. The Hall–Kier alpha value is -1.51. The Balaban J connectivity index is 1.81. The van der Waals surface area contributed by atoms with Gasteiger partial charge in [0.05, 0.1) is 5.02 Å². The average molecular weight is 288 g/mol. The molecule has 1 N–H and O–H groups in total. The van der Waals surface area contributed by atoms with Crippen molar-refractivity contribution < 1.29 is 5.11 Å². The minimum absolute atomic E-state index is 0.166. The van der Waals surface area contributed by atoms with Gasteiger partial charge in [0.2, 0.25) is 0 Å². The van der Waals surface area contributed by atoms with Crippen LogP contribution in [0.2, 0.25) is 5.02 Å². The van der Waals surface area contributed by atoms with Crippen molar-refractivity contribution in [1.82, 2.24) is 4.90 Å². The van der Waals surface area contributed by atoms with Gasteiger partial charge in [-0.15, -0.1) is 0 Å². The molecule has 3 rings (SSSR count). The third-order valence-corrected chi connectivity index (χ3v) is 4.42. The van der Waals surface area contributed by atoms with E-state index >= 15 is 0 Å². The Morgan fingerprint density at radius 1 is 1.10 bits per heavy atom. The van der Waals surface area contributed by atoms with Gasteiger partial charge in [-0.3, -0.25) is 4.90 Å². The van der Waals surface area contributed by atoms with Crippen LogP contribution in [0.4, 0.5) is 0 Å². The number of hydrogen-bond acceptors (Lipinski definition) is 2. The summed E-state index contributed by atoms with van der Waals surface area (Å²) >= 11 is 6.19. The molecule has 1 aliphatic heterocycles. The predicted molar refractivity (Wildman–Crippen MR) is 81.9 cm³/mol. The summed E-state index contributed by atoms with van der Waals surface area (Å²) in [4.78, 5) is 2.44. The van der Waals surface area contributed by atoms with E-state index in [9.17, 15) is 5.11 Å². The van der Waals surface area contributed by atoms with E-state index in [1.165, 1.54) is 18.4 Å². The molecule has 1 heterocycles. The van der Waals surface area contributed by atoms with Crippen LogP contribution in [-0.4, -0.2) is 16.6 Å². The van der Waals surface area contributed by atoms with E-state index in [0.29, 0.717) is 11.1 Å². The van der Waals surface area contributed by atoms with Gasteiger partial charge in [0.25, 0.3) is 0 Å². The van der Waals surface area contributed by atoms with Crippen LogP contribution in [0.5, 0.6) is 5.75 Å². The zero-order valence-electron chi connectivity index (χ0n) is 11.3. The van der Waals surface area contributed by atoms with E-state index in [4.69, 9.17) is 11.6 Å². The van der Waals surface area contributed by atoms with Gasteiger partial charge in [-0.25, -0.2) is 0 Å². The lowest BCUT2D eigenvalue weighted by molar-refractivity contribution is 0.248. The molecule has 2 aromatic rings. The van der Waals surface area contributed by atoms with Crippen molar-refractivity contribution in [2.24, 2.45) is 0 Å². The molecule has 0 bridgehead atoms. The van der Waals surface area contributed by atoms with Crippen LogP contribution in [0.25, 0.3) is 0 Å². The number of aromatic hydroxyl groups is 1. The van der Waals surface area contributed by atoms with Gasteiger partial charge in [0.1, 0.15) is 5.75 Å². The molecule has 1 aliphatic rings. The molecule has 2 nitrogen and oxygen atoms in total. The second-order valence-corrected chi connectivity index (χ2v) is 5.67. The quantitative estimate of drug-likeness (QED) is 0.905. The van der Waals surface area contributed by atoms with Crippen molar-refractivity contribution in [2.75, 3.05) is 6.54 Å². The molecule has 0 aliphatic carbocycles. The number of rotatable bonds is 3. The maximum absolute atomic E-state index is 9.71. The van der Waals surface area contributed by atoms with Crippen molar-refractivity contribution in [3.63, 3.8) is 0 Å². The standard InChI is InChI=1S/C17H18ClNO/c18-17-14(8-4-10-16(17)20)12-19-11-5-9-15(19)13-6-2-1-3-7-13/h1-4,6-8,10,15,20H,5,9,11-12H2. The molecule has 1 atom stereocenters. The molecule has 0 saturated carbocycles. The van der Waals surface area contributed by atoms with Crippen molar-refractivity contribution in [3.8, 4) is 5.75 Å². The first-order valence-electron chi connectivity index (χ1n) is 7.01. The summed E-state index contributed by atoms with van der Waals surface area (Å²) in [5.41, 5.74) is 2.36. The number of likely N-dealkylation sites (tertiary alicyclic amines) is 1. The fourth-order valence-electron chi connectivity index (χ4n) is 2.98. The lowest BCUT2D eigenvalue weighted by Crippen LogP contribution is -2.22. The van der Waals surface area contributed by atoms with Gasteiger partial charge >= 0.3 is 0 Å². The van der Waals surface area contributed by atoms with Crippen LogP contribution >= 0.6 is 11.6 Å². The topological polar surface area (TPSA) is 23.5 Å². The molecule has 0 radical (unpaired) electrons. The van der Waals surface area contributed by atoms with Gasteiger partial charge in [-0.05, 0) is 36.6 Å². The molecule has 2 aromatic carbocycles. The number of phenols is 1. The second kappa shape index (κ2) is 5.86. The van der Waals surface area contributed by atoms with Crippen LogP contribution in [0.1, 0.15) is 30.0 Å². The molecule has 104 valence electrons. The lowest BCUT2D eigenvalue weighted by atomic mass is 10.0. The van der Waals surface area contributed by atoms with Crippen molar-refractivity contribution in [1.29, 1.82) is 0 Å². The lowest BCUT2D eigenvalue weighted by Gasteiger charge is -2.25. The highest BCUT2D eigenvalue weighted by Crippen LogP contribution is 2.35. The number of halogens is 1. The molecule has 0 spiro atoms. The van der Waals surface area contributed by atoms with E-state index in [0.717, 1.165) is 18.7 Å². The van der Waals surface area contributed by atoms with Crippen LogP contribution in [0.15, 0.2) is 48.5 Å². The summed E-state index contributed by atoms with van der Waals surface area (Å²) in [6.07, 6.45) is 2.39. The SMILES string of the molecule is Oc1cccc(CN2CCCC2c2ccccc2)c1Cl. The van der Waals surface area contributed by atoms with E-state index in [2.05, 4.69) is 35.2 Å². The number of phenolic OH excluding ortho intramolecular Hbond substituents is 1. The highest BCUT2D eigenvalue weighted by atomic mass is 35.5. The molecule has 1 unspecified atom stereocenters. The zero-order chi connectivity index (χ0) is 13.9. The monoisotopic (exact) mass is 287 g/mol. The Kier molecular flexibility index (Phi) is 3.95. The molecule has 3 heteroatoms. The first-order chi connectivity index (χ1) is 9.75. The fourth-order valence-corrected chi connectivity index (χ4v) is 3.16. The van der Waals surface area contributed by atoms with E-state index in [1.807, 2.05) is 12.1 Å². The molecule has 0 aromatic heterocycles. The summed E-state index contributed by atoms with van der Waals surface area (Å²) < 4.78 is 0. The minimum atomic E-state index is 0.166. The minimum Gasteiger partial charge on any atom is -0.506 e. The van der Waals surface area contributed by atoms with Gasteiger partial charge in [0, 0.05) is 12.6 Å². The Morgan fingerprint density at radius 2 is 1.90 bits per heavy atom. The van der Waals surface area contributed by atoms with Crippen molar-refractivity contribution in [2.45, 2.75) is 25.4 Å². The van der Waals surface area contributed by atoms with Gasteiger partial charge in [-0.2, -0.15) is 0 Å². The summed E-state index contributed by atoms with van der Waals surface area (Å²) in [7, 11) is 0. The number of nitrogens with zero attached hydrogens (tertiary/aromatic N) is 1. The van der Waals surface area contributed by atoms with Gasteiger partial charge < -0.3 is 5.11 Å². The summed E-state index contributed by atoms with van der Waals surface area (Å²) in [6, 6.07) is 16.5. The normalized spacial score (nSPS) is 19.4. The summed E-state index contributed by atoms with van der Waals surface area (Å²) in [5.74, 6) is 0.166. The van der Waals surface area contributed by atoms with Crippen LogP contribution in [0.3, 0.4) is 0 Å². The zero-order valence-corrected chi connectivity index (χ0v) is 12.1. The Bertz CT molecular complexity index is 585. The first-order valence-corrected chi connectivity index (χ1v) is 7.39. The molecular formula is C17H18ClNO. The van der Waals surface area contributed by atoms with Gasteiger partial charge in [-0.1, -0.05) is 54.1 Å². The van der Waals surface area contributed by atoms with Crippen LogP contribution in [0, 0.1) is 0 Å². The van der Waals surface area contributed by atoms with E-state index < -0.39 is 0 Å². The Morgan fingerprint density at radius 3 is 2.70 bits per heavy atom. The third-order valence-electron chi connectivity index (χ3n) is 3.98. The summed E-state index contributed by atoms with van der Waals surface area (Å²) in [5, 5.41) is 10.2. The fraction of sp³-hybridized carbons (Fsp3) is 0.294.